The molecular weight excluding hydrogens is 224 g/mol. The molecule has 4 bridgehead atoms. The molecule has 0 radical (unpaired) electrons. The van der Waals surface area contributed by atoms with Crippen LogP contribution in [0.25, 0.3) is 0 Å². The van der Waals surface area contributed by atoms with Gasteiger partial charge in [-0.15, -0.1) is 0 Å². The number of fused-ring (bicyclic) bond motifs is 11. The molecule has 7 atom stereocenters. The molecule has 1 heterocycles. The minimum atomic E-state index is -0.256. The van der Waals surface area contributed by atoms with E-state index in [0.717, 1.165) is 6.42 Å². The van der Waals surface area contributed by atoms with Gasteiger partial charge in [0.2, 0.25) is 0 Å². The lowest BCUT2D eigenvalue weighted by Gasteiger charge is -2.47. The summed E-state index contributed by atoms with van der Waals surface area (Å²) in [5.41, 5.74) is 1.14. The molecule has 18 heavy (non-hydrogen) atoms. The lowest BCUT2D eigenvalue weighted by Crippen LogP contribution is -2.51. The van der Waals surface area contributed by atoms with Crippen molar-refractivity contribution in [3.8, 4) is 0 Å². The molecular formula is C16H16O2. The van der Waals surface area contributed by atoms with Crippen LogP contribution in [-0.4, -0.2) is 12.4 Å². The van der Waals surface area contributed by atoms with Gasteiger partial charge in [0.1, 0.15) is 12.4 Å². The predicted octanol–water partition coefficient (Wildman–Crippen LogP) is 2.48. The zero-order valence-corrected chi connectivity index (χ0v) is 10.2. The molecule has 0 N–H and O–H groups in total. The van der Waals surface area contributed by atoms with Crippen molar-refractivity contribution in [1.82, 2.24) is 0 Å². The fraction of sp³-hybridized carbons (Fsp3) is 0.562. The number of aldehydes is 1. The Balaban J connectivity index is 1.73. The molecule has 0 aromatic carbocycles. The summed E-state index contributed by atoms with van der Waals surface area (Å²) in [5, 5.41) is 0. The van der Waals surface area contributed by atoms with Crippen LogP contribution < -0.4 is 0 Å². The van der Waals surface area contributed by atoms with Crippen LogP contribution in [0.4, 0.5) is 0 Å². The number of allylic oxidation sites excluding steroid dienone is 4. The topological polar surface area (TPSA) is 26.3 Å². The minimum Gasteiger partial charge on any atom is -0.496 e. The predicted molar refractivity (Wildman–Crippen MR) is 66.4 cm³/mol. The van der Waals surface area contributed by atoms with Crippen molar-refractivity contribution in [3.63, 3.8) is 0 Å². The Morgan fingerprint density at radius 3 is 2.94 bits per heavy atom. The molecule has 5 aliphatic rings. The fourth-order valence-corrected chi connectivity index (χ4v) is 5.43. The maximum absolute atomic E-state index is 12.0. The van der Waals surface area contributed by atoms with Crippen molar-refractivity contribution in [3.05, 3.63) is 36.1 Å². The van der Waals surface area contributed by atoms with E-state index in [0.29, 0.717) is 29.6 Å². The summed E-state index contributed by atoms with van der Waals surface area (Å²) < 4.78 is 6.02. The molecule has 5 rings (SSSR count). The average Bonchev–Trinajstić information content (AvgIpc) is 3.16. The van der Waals surface area contributed by atoms with E-state index in [-0.39, 0.29) is 11.5 Å². The fourth-order valence-electron chi connectivity index (χ4n) is 5.43. The number of hydrogen-bond donors (Lipinski definition) is 0. The first kappa shape index (κ1) is 9.60. The number of carbonyl (C=O) groups is 1. The van der Waals surface area contributed by atoms with Gasteiger partial charge in [0.25, 0.3) is 0 Å². The molecule has 0 aromatic rings. The highest BCUT2D eigenvalue weighted by Gasteiger charge is 2.67. The second-order valence-electron chi connectivity index (χ2n) is 6.55. The lowest BCUT2D eigenvalue weighted by molar-refractivity contribution is -0.132. The van der Waals surface area contributed by atoms with Gasteiger partial charge in [-0.3, -0.25) is 0 Å². The molecule has 0 amide bonds. The van der Waals surface area contributed by atoms with Gasteiger partial charge >= 0.3 is 0 Å². The summed E-state index contributed by atoms with van der Waals surface area (Å²) >= 11 is 0. The van der Waals surface area contributed by atoms with E-state index in [2.05, 4.69) is 24.3 Å². The monoisotopic (exact) mass is 240 g/mol. The third-order valence-electron chi connectivity index (χ3n) is 6.07. The smallest absolute Gasteiger partial charge is 0.131 e. The second kappa shape index (κ2) is 2.81. The van der Waals surface area contributed by atoms with Crippen LogP contribution in [0.3, 0.4) is 0 Å². The molecule has 0 spiro atoms. The molecule has 2 fully saturated rings. The highest BCUT2D eigenvalue weighted by Crippen LogP contribution is 2.66. The third-order valence-corrected chi connectivity index (χ3v) is 6.07. The summed E-state index contributed by atoms with van der Waals surface area (Å²) in [6.45, 7) is 0. The first-order valence-corrected chi connectivity index (χ1v) is 7.03. The number of carbonyl (C=O) groups excluding carboxylic acids is 1. The van der Waals surface area contributed by atoms with Crippen molar-refractivity contribution in [1.29, 1.82) is 0 Å². The Hall–Kier alpha value is -1.31. The number of hydrogen-bond acceptors (Lipinski definition) is 2. The molecule has 2 saturated carbocycles. The van der Waals surface area contributed by atoms with Gasteiger partial charge in [0.05, 0.1) is 11.7 Å². The quantitative estimate of drug-likeness (QED) is 0.520. The van der Waals surface area contributed by atoms with Gasteiger partial charge in [-0.05, 0) is 30.3 Å². The van der Waals surface area contributed by atoms with Crippen LogP contribution in [0.2, 0.25) is 0 Å². The van der Waals surface area contributed by atoms with Crippen molar-refractivity contribution in [2.45, 2.75) is 18.9 Å². The third kappa shape index (κ3) is 0.799. The molecule has 1 aliphatic heterocycles. The van der Waals surface area contributed by atoms with E-state index < -0.39 is 0 Å². The van der Waals surface area contributed by atoms with E-state index in [4.69, 9.17) is 4.74 Å². The maximum atomic E-state index is 12.0. The molecule has 2 heteroatoms. The SMILES string of the molecule is O=CC12C3C=CC(C3)C1OC=C1C3C=CC(C3)C12. The Bertz CT molecular complexity index is 529. The van der Waals surface area contributed by atoms with Crippen molar-refractivity contribution < 1.29 is 9.53 Å². The van der Waals surface area contributed by atoms with Crippen molar-refractivity contribution in [2.75, 3.05) is 0 Å². The highest BCUT2D eigenvalue weighted by molar-refractivity contribution is 5.68. The van der Waals surface area contributed by atoms with Gasteiger partial charge in [0.15, 0.2) is 0 Å². The van der Waals surface area contributed by atoms with Crippen LogP contribution in [0.15, 0.2) is 36.1 Å². The normalized spacial score (nSPS) is 57.2. The van der Waals surface area contributed by atoms with Crippen LogP contribution in [0.1, 0.15) is 12.8 Å². The lowest BCUT2D eigenvalue weighted by atomic mass is 9.60. The van der Waals surface area contributed by atoms with E-state index in [9.17, 15) is 4.79 Å². The maximum Gasteiger partial charge on any atom is 0.131 e. The molecule has 0 saturated heterocycles. The van der Waals surface area contributed by atoms with Crippen molar-refractivity contribution >= 4 is 6.29 Å². The van der Waals surface area contributed by atoms with Gasteiger partial charge in [0, 0.05) is 17.8 Å². The van der Waals surface area contributed by atoms with Crippen LogP contribution >= 0.6 is 0 Å². The van der Waals surface area contributed by atoms with E-state index in [1.165, 1.54) is 18.3 Å². The Morgan fingerprint density at radius 2 is 2.06 bits per heavy atom. The molecule has 92 valence electrons. The Morgan fingerprint density at radius 1 is 1.17 bits per heavy atom. The average molecular weight is 240 g/mol. The van der Waals surface area contributed by atoms with Gasteiger partial charge in [-0.25, -0.2) is 0 Å². The van der Waals surface area contributed by atoms with E-state index in [1.807, 2.05) is 6.26 Å². The first-order chi connectivity index (χ1) is 8.84. The van der Waals surface area contributed by atoms with Crippen LogP contribution in [0.5, 0.6) is 0 Å². The molecule has 0 aromatic heterocycles. The number of rotatable bonds is 1. The summed E-state index contributed by atoms with van der Waals surface area (Å²) in [7, 11) is 0. The van der Waals surface area contributed by atoms with Crippen LogP contribution in [-0.2, 0) is 9.53 Å². The van der Waals surface area contributed by atoms with Crippen molar-refractivity contribution in [2.24, 2.45) is 35.0 Å². The van der Waals surface area contributed by atoms with Gasteiger partial charge < -0.3 is 9.53 Å². The first-order valence-electron chi connectivity index (χ1n) is 7.03. The standard InChI is InChI=1S/C16H16O2/c17-8-16-12-4-3-11(6-12)15(16)18-7-13-9-1-2-10(5-9)14(13)16/h1-4,7-12,14-15H,5-6H2. The Kier molecular flexibility index (Phi) is 1.50. The molecule has 2 nitrogen and oxygen atoms in total. The second-order valence-corrected chi connectivity index (χ2v) is 6.55. The Labute approximate surface area is 106 Å². The van der Waals surface area contributed by atoms with Crippen LogP contribution in [0, 0.1) is 35.0 Å². The summed E-state index contributed by atoms with van der Waals surface area (Å²) in [6, 6.07) is 0. The van der Waals surface area contributed by atoms with Gasteiger partial charge in [-0.2, -0.15) is 0 Å². The number of ether oxygens (including phenoxy) is 1. The summed E-state index contributed by atoms with van der Waals surface area (Å²) in [4.78, 5) is 12.0. The molecule has 4 aliphatic carbocycles. The van der Waals surface area contributed by atoms with E-state index >= 15 is 0 Å². The summed E-state index contributed by atoms with van der Waals surface area (Å²) in [6.07, 6.45) is 14.8. The largest absolute Gasteiger partial charge is 0.496 e. The summed E-state index contributed by atoms with van der Waals surface area (Å²) in [5.74, 6) is 2.41. The minimum absolute atomic E-state index is 0.103. The molecule has 7 unspecified atom stereocenters. The zero-order valence-electron chi connectivity index (χ0n) is 10.2. The zero-order chi connectivity index (χ0) is 11.9. The highest BCUT2D eigenvalue weighted by atomic mass is 16.5. The van der Waals surface area contributed by atoms with Gasteiger partial charge in [-0.1, -0.05) is 24.3 Å². The van der Waals surface area contributed by atoms with E-state index in [1.54, 1.807) is 0 Å².